The van der Waals surface area contributed by atoms with Crippen LogP contribution in [0.5, 0.6) is 0 Å². The van der Waals surface area contributed by atoms with E-state index < -0.39 is 0 Å². The van der Waals surface area contributed by atoms with Crippen molar-refractivity contribution in [2.24, 2.45) is 0 Å². The maximum Gasteiger partial charge on any atom is 0.272 e. The lowest BCUT2D eigenvalue weighted by atomic mass is 10.2. The molecule has 4 aromatic rings. The van der Waals surface area contributed by atoms with Crippen LogP contribution in [0.3, 0.4) is 0 Å². The Hall–Kier alpha value is -3.12. The molecule has 7 heteroatoms. The number of benzene rings is 2. The molecule has 0 aliphatic carbocycles. The number of nitrogens with one attached hydrogen (secondary N) is 1. The minimum Gasteiger partial charge on any atom is -0.351 e. The zero-order valence-corrected chi connectivity index (χ0v) is 16.0. The van der Waals surface area contributed by atoms with Gasteiger partial charge in [0.2, 0.25) is 0 Å². The van der Waals surface area contributed by atoms with Crippen LogP contribution in [0.1, 0.15) is 22.5 Å². The van der Waals surface area contributed by atoms with Gasteiger partial charge >= 0.3 is 0 Å². The summed E-state index contributed by atoms with van der Waals surface area (Å²) in [5.41, 5.74) is 2.31. The quantitative estimate of drug-likeness (QED) is 0.486. The molecule has 2 heterocycles. The summed E-state index contributed by atoms with van der Waals surface area (Å²) >= 11 is 6.29. The molecule has 0 saturated heterocycles. The molecule has 0 saturated carbocycles. The summed E-state index contributed by atoms with van der Waals surface area (Å²) in [6.07, 6.45) is 6.24. The van der Waals surface area contributed by atoms with Crippen molar-refractivity contribution in [2.45, 2.75) is 19.5 Å². The van der Waals surface area contributed by atoms with Crippen molar-refractivity contribution < 1.29 is 4.79 Å². The highest BCUT2D eigenvalue weighted by molar-refractivity contribution is 6.31. The van der Waals surface area contributed by atoms with Crippen LogP contribution in [0.2, 0.25) is 5.02 Å². The molecule has 1 N–H and O–H groups in total. The van der Waals surface area contributed by atoms with Crippen molar-refractivity contribution >= 4 is 28.4 Å². The van der Waals surface area contributed by atoms with E-state index in [1.54, 1.807) is 12.5 Å². The molecule has 0 atom stereocenters. The first-order valence-corrected chi connectivity index (χ1v) is 9.53. The highest BCUT2D eigenvalue weighted by Crippen LogP contribution is 2.22. The summed E-state index contributed by atoms with van der Waals surface area (Å²) in [6, 6.07) is 15.4. The third kappa shape index (κ3) is 3.92. The van der Waals surface area contributed by atoms with Crippen molar-refractivity contribution in [2.75, 3.05) is 6.54 Å². The molecule has 142 valence electrons. The zero-order valence-electron chi connectivity index (χ0n) is 15.3. The van der Waals surface area contributed by atoms with Crippen molar-refractivity contribution in [1.82, 2.24) is 24.6 Å². The van der Waals surface area contributed by atoms with Gasteiger partial charge in [-0.05, 0) is 24.1 Å². The number of nitrogens with zero attached hydrogens (tertiary/aromatic N) is 4. The van der Waals surface area contributed by atoms with Crippen LogP contribution in [0.4, 0.5) is 0 Å². The number of aryl methyl sites for hydroxylation is 1. The first kappa shape index (κ1) is 18.3. The third-order valence-corrected chi connectivity index (χ3v) is 4.96. The Morgan fingerprint density at radius 1 is 1.11 bits per heavy atom. The van der Waals surface area contributed by atoms with E-state index in [9.17, 15) is 4.79 Å². The van der Waals surface area contributed by atoms with Crippen LogP contribution in [-0.2, 0) is 13.1 Å². The second-order valence-corrected chi connectivity index (χ2v) is 6.93. The Morgan fingerprint density at radius 2 is 1.93 bits per heavy atom. The Labute approximate surface area is 167 Å². The molecule has 1 amide bonds. The van der Waals surface area contributed by atoms with E-state index in [0.29, 0.717) is 23.8 Å². The Balaban J connectivity index is 1.50. The summed E-state index contributed by atoms with van der Waals surface area (Å²) in [5.74, 6) is -0.167. The first-order valence-electron chi connectivity index (χ1n) is 9.15. The van der Waals surface area contributed by atoms with E-state index in [1.165, 1.54) is 0 Å². The summed E-state index contributed by atoms with van der Waals surface area (Å²) in [4.78, 5) is 16.7. The smallest absolute Gasteiger partial charge is 0.272 e. The Morgan fingerprint density at radius 3 is 2.75 bits per heavy atom. The number of rotatable bonds is 7. The highest BCUT2D eigenvalue weighted by Gasteiger charge is 2.17. The van der Waals surface area contributed by atoms with Crippen LogP contribution in [0, 0.1) is 0 Å². The zero-order chi connectivity index (χ0) is 19.3. The molecule has 0 spiro atoms. The number of para-hydroxylation sites is 1. The lowest BCUT2D eigenvalue weighted by Gasteiger charge is -2.06. The topological polar surface area (TPSA) is 64.7 Å². The number of hydrogen-bond acceptors (Lipinski definition) is 3. The van der Waals surface area contributed by atoms with Gasteiger partial charge < -0.3 is 9.88 Å². The SMILES string of the molecule is O=C(NCCCn1ccnc1)c1nn(Cc2ccccc2Cl)c2ccccc12. The van der Waals surface area contributed by atoms with E-state index in [4.69, 9.17) is 11.6 Å². The second-order valence-electron chi connectivity index (χ2n) is 6.52. The van der Waals surface area contributed by atoms with Gasteiger partial charge in [-0.25, -0.2) is 4.98 Å². The number of carbonyl (C=O) groups excluding carboxylic acids is 1. The molecular formula is C21H20ClN5O. The average Bonchev–Trinajstić information content (AvgIpc) is 3.35. The van der Waals surface area contributed by atoms with Gasteiger partial charge in [0.15, 0.2) is 5.69 Å². The molecule has 0 unspecified atom stereocenters. The van der Waals surface area contributed by atoms with Crippen LogP contribution < -0.4 is 5.32 Å². The van der Waals surface area contributed by atoms with Gasteiger partial charge in [-0.15, -0.1) is 0 Å². The number of halogens is 1. The van der Waals surface area contributed by atoms with Crippen LogP contribution in [0.15, 0.2) is 67.3 Å². The van der Waals surface area contributed by atoms with Gasteiger partial charge in [-0.2, -0.15) is 5.10 Å². The number of carbonyl (C=O) groups is 1. The maximum absolute atomic E-state index is 12.7. The minimum absolute atomic E-state index is 0.167. The molecule has 0 radical (unpaired) electrons. The third-order valence-electron chi connectivity index (χ3n) is 4.59. The number of fused-ring (bicyclic) bond motifs is 1. The molecule has 6 nitrogen and oxygen atoms in total. The molecular weight excluding hydrogens is 374 g/mol. The second kappa shape index (κ2) is 8.27. The molecule has 2 aromatic carbocycles. The van der Waals surface area contributed by atoms with Gasteiger partial charge in [0.1, 0.15) is 0 Å². The highest BCUT2D eigenvalue weighted by atomic mass is 35.5. The first-order chi connectivity index (χ1) is 13.7. The average molecular weight is 394 g/mol. The van der Waals surface area contributed by atoms with Crippen molar-refractivity contribution in [1.29, 1.82) is 0 Å². The van der Waals surface area contributed by atoms with Gasteiger partial charge in [0.05, 0.1) is 18.4 Å². The van der Waals surface area contributed by atoms with Gasteiger partial charge in [-0.1, -0.05) is 48.0 Å². The summed E-state index contributed by atoms with van der Waals surface area (Å²) in [6.45, 7) is 1.89. The monoisotopic (exact) mass is 393 g/mol. The van der Waals surface area contributed by atoms with Crippen LogP contribution >= 0.6 is 11.6 Å². The normalized spacial score (nSPS) is 11.0. The number of amides is 1. The Bertz CT molecular complexity index is 1090. The molecule has 0 fully saturated rings. The van der Waals surface area contributed by atoms with E-state index in [-0.39, 0.29) is 5.91 Å². The molecule has 0 aliphatic rings. The van der Waals surface area contributed by atoms with Crippen molar-refractivity contribution in [3.63, 3.8) is 0 Å². The molecule has 2 aromatic heterocycles. The predicted molar refractivity (Wildman–Crippen MR) is 109 cm³/mol. The van der Waals surface area contributed by atoms with Gasteiger partial charge in [0.25, 0.3) is 5.91 Å². The molecule has 0 aliphatic heterocycles. The standard InChI is InChI=1S/C21H20ClN5O/c22-18-8-3-1-6-16(18)14-27-19-9-4-2-7-17(19)20(25-27)21(28)24-10-5-12-26-13-11-23-15-26/h1-4,6-9,11,13,15H,5,10,12,14H2,(H,24,28). The fourth-order valence-corrected chi connectivity index (χ4v) is 3.37. The number of imidazole rings is 1. The molecule has 0 bridgehead atoms. The van der Waals surface area contributed by atoms with Gasteiger partial charge in [-0.3, -0.25) is 9.48 Å². The van der Waals surface area contributed by atoms with E-state index in [1.807, 2.05) is 64.0 Å². The molecule has 4 rings (SSSR count). The Kier molecular flexibility index (Phi) is 5.39. The van der Waals surface area contributed by atoms with Gasteiger partial charge in [0, 0.05) is 35.9 Å². The van der Waals surface area contributed by atoms with Crippen LogP contribution in [-0.4, -0.2) is 31.8 Å². The van der Waals surface area contributed by atoms with Crippen molar-refractivity contribution in [3.8, 4) is 0 Å². The van der Waals surface area contributed by atoms with Crippen molar-refractivity contribution in [3.05, 3.63) is 83.5 Å². The van der Waals surface area contributed by atoms with E-state index >= 15 is 0 Å². The molecule has 28 heavy (non-hydrogen) atoms. The number of hydrogen-bond donors (Lipinski definition) is 1. The number of aromatic nitrogens is 4. The van der Waals surface area contributed by atoms with E-state index in [2.05, 4.69) is 15.4 Å². The largest absolute Gasteiger partial charge is 0.351 e. The fraction of sp³-hybridized carbons (Fsp3) is 0.190. The lowest BCUT2D eigenvalue weighted by molar-refractivity contribution is 0.0948. The van der Waals surface area contributed by atoms with Crippen LogP contribution in [0.25, 0.3) is 10.9 Å². The summed E-state index contributed by atoms with van der Waals surface area (Å²) in [7, 11) is 0. The lowest BCUT2D eigenvalue weighted by Crippen LogP contribution is -2.26. The summed E-state index contributed by atoms with van der Waals surface area (Å²) in [5, 5.41) is 9.08. The predicted octanol–water partition coefficient (Wildman–Crippen LogP) is 3.75. The fourth-order valence-electron chi connectivity index (χ4n) is 3.17. The summed E-state index contributed by atoms with van der Waals surface area (Å²) < 4.78 is 3.82. The minimum atomic E-state index is -0.167. The maximum atomic E-state index is 12.7. The van der Waals surface area contributed by atoms with E-state index in [0.717, 1.165) is 29.4 Å².